The molecule has 5 heteroatoms. The number of benzene rings is 1. The Morgan fingerprint density at radius 2 is 1.79 bits per heavy atom. The predicted octanol–water partition coefficient (Wildman–Crippen LogP) is 8.95. The molecule has 1 aromatic rings. The number of anilines is 1. The number of nitrogens with zero attached hydrogens (tertiary/aromatic N) is 1. The molecule has 5 rings (SSSR count). The summed E-state index contributed by atoms with van der Waals surface area (Å²) in [4.78, 5) is 12.8. The van der Waals surface area contributed by atoms with Crippen LogP contribution in [0.5, 0.6) is 0 Å². The van der Waals surface area contributed by atoms with Gasteiger partial charge in [-0.05, 0) is 116 Å². The van der Waals surface area contributed by atoms with Crippen molar-refractivity contribution in [2.75, 3.05) is 5.23 Å². The fraction of sp³-hybridized carbons (Fsp3) is 0.735. The van der Waals surface area contributed by atoms with E-state index in [-0.39, 0.29) is 28.4 Å². The molecular formula is C34H50NO4-. The monoisotopic (exact) mass is 536 g/mol. The quantitative estimate of drug-likeness (QED) is 0.204. The minimum absolute atomic E-state index is 0.0969. The van der Waals surface area contributed by atoms with Crippen LogP contribution in [-0.4, -0.2) is 17.3 Å². The van der Waals surface area contributed by atoms with E-state index in [1.165, 1.54) is 81.2 Å². The van der Waals surface area contributed by atoms with E-state index in [2.05, 4.69) is 40.7 Å². The number of ether oxygens (including phenoxy) is 1. The third-order valence-corrected chi connectivity index (χ3v) is 11.9. The molecule has 0 radical (unpaired) electrons. The fourth-order valence-electron chi connectivity index (χ4n) is 9.70. The smallest absolute Gasteiger partial charge is 0.338 e. The van der Waals surface area contributed by atoms with Gasteiger partial charge in [0.15, 0.2) is 0 Å². The molecule has 1 N–H and O–H groups in total. The average Bonchev–Trinajstić information content (AvgIpc) is 3.26. The van der Waals surface area contributed by atoms with E-state index >= 15 is 0 Å². The van der Waals surface area contributed by atoms with E-state index in [1.807, 2.05) is 0 Å². The van der Waals surface area contributed by atoms with Crippen LogP contribution in [0.4, 0.5) is 5.69 Å². The number of carbonyl (C=O) groups is 1. The van der Waals surface area contributed by atoms with E-state index in [0.717, 1.165) is 54.8 Å². The lowest BCUT2D eigenvalue weighted by Gasteiger charge is -2.58. The van der Waals surface area contributed by atoms with Crippen LogP contribution in [-0.2, 0) is 4.74 Å². The zero-order chi connectivity index (χ0) is 27.9. The highest BCUT2D eigenvalue weighted by Crippen LogP contribution is 2.67. The minimum Gasteiger partial charge on any atom is -0.733 e. The van der Waals surface area contributed by atoms with Crippen LogP contribution in [0.2, 0.25) is 0 Å². The number of hydrogen-bond donors (Lipinski definition) is 1. The highest BCUT2D eigenvalue weighted by Gasteiger charge is 2.59. The molecular weight excluding hydrogens is 486 g/mol. The Balaban J connectivity index is 1.23. The molecule has 0 unspecified atom stereocenters. The zero-order valence-corrected chi connectivity index (χ0v) is 24.8. The van der Waals surface area contributed by atoms with Gasteiger partial charge in [0.05, 0.1) is 11.3 Å². The van der Waals surface area contributed by atoms with E-state index < -0.39 is 0 Å². The van der Waals surface area contributed by atoms with Gasteiger partial charge in [-0.3, -0.25) is 5.21 Å². The lowest BCUT2D eigenvalue weighted by molar-refractivity contribution is -0.0594. The van der Waals surface area contributed by atoms with Crippen LogP contribution in [0.1, 0.15) is 116 Å². The Morgan fingerprint density at radius 1 is 1.05 bits per heavy atom. The summed E-state index contributed by atoms with van der Waals surface area (Å²) >= 11 is 0. The number of allylic oxidation sites excluding steroid dienone is 1. The predicted molar refractivity (Wildman–Crippen MR) is 156 cm³/mol. The number of esters is 1. The molecule has 0 heterocycles. The Hall–Kier alpha value is -1.85. The van der Waals surface area contributed by atoms with Crippen molar-refractivity contribution in [2.24, 2.45) is 46.3 Å². The van der Waals surface area contributed by atoms with Crippen molar-refractivity contribution in [1.82, 2.24) is 0 Å². The summed E-state index contributed by atoms with van der Waals surface area (Å²) in [6, 6.07) is 5.94. The lowest BCUT2D eigenvalue weighted by atomic mass is 9.47. The van der Waals surface area contributed by atoms with Gasteiger partial charge in [0, 0.05) is 6.42 Å². The van der Waals surface area contributed by atoms with Gasteiger partial charge >= 0.3 is 5.97 Å². The first-order valence-corrected chi connectivity index (χ1v) is 15.7. The maximum absolute atomic E-state index is 12.8. The highest BCUT2D eigenvalue weighted by molar-refractivity contribution is 5.90. The molecule has 0 bridgehead atoms. The number of carbonyl (C=O) groups excluding carboxylic acids is 1. The fourth-order valence-corrected chi connectivity index (χ4v) is 9.70. The van der Waals surface area contributed by atoms with Crippen molar-refractivity contribution >= 4 is 11.7 Å². The van der Waals surface area contributed by atoms with Gasteiger partial charge in [-0.1, -0.05) is 65.5 Å². The second kappa shape index (κ2) is 11.2. The molecule has 39 heavy (non-hydrogen) atoms. The van der Waals surface area contributed by atoms with Gasteiger partial charge < -0.3 is 15.2 Å². The number of hydrogen-bond acceptors (Lipinski definition) is 5. The Morgan fingerprint density at radius 3 is 2.49 bits per heavy atom. The van der Waals surface area contributed by atoms with Gasteiger partial charge in [-0.2, -0.15) is 0 Å². The molecule has 1 aromatic carbocycles. The molecule has 4 aliphatic rings. The maximum Gasteiger partial charge on any atom is 0.338 e. The number of rotatable bonds is 8. The van der Waals surface area contributed by atoms with Gasteiger partial charge in [-0.25, -0.2) is 4.79 Å². The molecule has 3 fully saturated rings. The highest BCUT2D eigenvalue weighted by atomic mass is 16.8. The molecule has 4 aliphatic carbocycles. The first kappa shape index (κ1) is 28.7. The second-order valence-corrected chi connectivity index (χ2v) is 14.4. The largest absolute Gasteiger partial charge is 0.733 e. The summed E-state index contributed by atoms with van der Waals surface area (Å²) < 4.78 is 5.95. The van der Waals surface area contributed by atoms with Crippen molar-refractivity contribution in [2.45, 2.75) is 111 Å². The van der Waals surface area contributed by atoms with Crippen molar-refractivity contribution in [3.63, 3.8) is 0 Å². The van der Waals surface area contributed by atoms with Gasteiger partial charge in [0.1, 0.15) is 6.10 Å². The molecule has 0 aliphatic heterocycles. The van der Waals surface area contributed by atoms with Crippen LogP contribution >= 0.6 is 0 Å². The van der Waals surface area contributed by atoms with Gasteiger partial charge in [-0.15, -0.1) is 0 Å². The molecule has 3 saturated carbocycles. The summed E-state index contributed by atoms with van der Waals surface area (Å²) in [7, 11) is 0. The van der Waals surface area contributed by atoms with Gasteiger partial charge in [0.2, 0.25) is 0 Å². The standard InChI is InChI=1S/C34H50NO4/c1-22(2)7-6-8-23(3)29-15-16-30-28-14-11-25-21-27(17-19-33(25,4)31(28)18-20-34(29,30)5)39-32(36)24-9-12-26(13-10-24)35(37)38/h9-13,22-23,27-31,37H,6-8,14-21H2,1-5H3/q-1/t23-,27+,28-,29+,30+,31-,33+,34-/m1/s1. The summed E-state index contributed by atoms with van der Waals surface area (Å²) in [6.45, 7) is 12.4. The molecule has 216 valence electrons. The van der Waals surface area contributed by atoms with Gasteiger partial charge in [0.25, 0.3) is 0 Å². The first-order chi connectivity index (χ1) is 18.5. The Bertz CT molecular complexity index is 1050. The van der Waals surface area contributed by atoms with Crippen LogP contribution < -0.4 is 5.23 Å². The Kier molecular flexibility index (Phi) is 8.23. The number of fused-ring (bicyclic) bond motifs is 5. The van der Waals surface area contributed by atoms with Crippen molar-refractivity contribution in [3.8, 4) is 0 Å². The minimum atomic E-state index is -0.354. The second-order valence-electron chi connectivity index (χ2n) is 14.4. The van der Waals surface area contributed by atoms with Crippen LogP contribution in [0.25, 0.3) is 0 Å². The van der Waals surface area contributed by atoms with E-state index in [0.29, 0.717) is 11.0 Å². The first-order valence-electron chi connectivity index (χ1n) is 15.7. The SMILES string of the molecule is CC(C)CCC[C@@H](C)[C@@H]1CC[C@H]2[C@H]3CC=C4C[C@@H](OC(=O)c5ccc(N([O-])O)cc5)CC[C@]4(C)[C@@H]3CC[C@@]21C. The molecule has 0 spiro atoms. The lowest BCUT2D eigenvalue weighted by Crippen LogP contribution is -2.51. The van der Waals surface area contributed by atoms with Crippen molar-refractivity contribution < 1.29 is 14.7 Å². The average molecular weight is 537 g/mol. The maximum atomic E-state index is 12.8. The summed E-state index contributed by atoms with van der Waals surface area (Å²) in [6.07, 6.45) is 16.2. The third kappa shape index (κ3) is 5.43. The summed E-state index contributed by atoms with van der Waals surface area (Å²) in [5.74, 6) is 4.58. The third-order valence-electron chi connectivity index (χ3n) is 11.9. The summed E-state index contributed by atoms with van der Waals surface area (Å²) in [5.41, 5.74) is 2.76. The molecule has 0 aromatic heterocycles. The zero-order valence-electron chi connectivity index (χ0n) is 24.8. The molecule has 0 saturated heterocycles. The van der Waals surface area contributed by atoms with E-state index in [1.54, 1.807) is 0 Å². The Labute approximate surface area is 235 Å². The molecule has 8 atom stereocenters. The normalized spacial score (nSPS) is 36.4. The van der Waals surface area contributed by atoms with Crippen LogP contribution in [0, 0.1) is 51.5 Å². The van der Waals surface area contributed by atoms with Crippen molar-refractivity contribution in [3.05, 3.63) is 46.7 Å². The van der Waals surface area contributed by atoms with E-state index in [9.17, 15) is 10.0 Å². The van der Waals surface area contributed by atoms with Crippen LogP contribution in [0.15, 0.2) is 35.9 Å². The molecule has 5 nitrogen and oxygen atoms in total. The molecule has 0 amide bonds. The van der Waals surface area contributed by atoms with Crippen molar-refractivity contribution in [1.29, 1.82) is 0 Å². The summed E-state index contributed by atoms with van der Waals surface area (Å²) in [5, 5.41) is 19.9. The van der Waals surface area contributed by atoms with E-state index in [4.69, 9.17) is 9.94 Å². The van der Waals surface area contributed by atoms with Crippen LogP contribution in [0.3, 0.4) is 0 Å². The topological polar surface area (TPSA) is 72.8 Å².